The molecule has 2 heterocycles. The highest BCUT2D eigenvalue weighted by Gasteiger charge is 2.12. The molecule has 4 N–H and O–H groups in total. The number of hydrogen-bond acceptors (Lipinski definition) is 7. The highest BCUT2D eigenvalue weighted by Crippen LogP contribution is 2.30. The number of aromatic nitrogens is 2. The van der Waals surface area contributed by atoms with Crippen LogP contribution in [0.4, 0.5) is 11.8 Å². The van der Waals surface area contributed by atoms with Crippen LogP contribution in [0.2, 0.25) is 0 Å². The zero-order valence-corrected chi connectivity index (χ0v) is 12.5. The van der Waals surface area contributed by atoms with Crippen molar-refractivity contribution in [3.8, 4) is 0 Å². The molecule has 0 radical (unpaired) electrons. The zero-order valence-electron chi connectivity index (χ0n) is 11.7. The Balaban J connectivity index is 2.34. The summed E-state index contributed by atoms with van der Waals surface area (Å²) < 4.78 is 0. The minimum atomic E-state index is -0.0232. The Labute approximate surface area is 121 Å². The summed E-state index contributed by atoms with van der Waals surface area (Å²) in [6.07, 6.45) is 0.933. The average Bonchev–Trinajstić information content (AvgIpc) is 2.86. The lowest BCUT2D eigenvalue weighted by Crippen LogP contribution is -2.29. The van der Waals surface area contributed by atoms with Crippen molar-refractivity contribution in [2.75, 3.05) is 31.4 Å². The van der Waals surface area contributed by atoms with Gasteiger partial charge in [0.2, 0.25) is 11.9 Å². The molecule has 20 heavy (non-hydrogen) atoms. The fraction of sp³-hybridized carbons (Fsp3) is 0.417. The first kappa shape index (κ1) is 14.5. The molecule has 0 aliphatic carbocycles. The van der Waals surface area contributed by atoms with Gasteiger partial charge >= 0.3 is 0 Å². The Morgan fingerprint density at radius 1 is 1.45 bits per heavy atom. The Morgan fingerprint density at radius 2 is 2.20 bits per heavy atom. The maximum absolute atomic E-state index is 11.7. The number of carbonyl (C=O) groups is 1. The zero-order chi connectivity index (χ0) is 14.7. The van der Waals surface area contributed by atoms with Crippen LogP contribution in [-0.2, 0) is 11.2 Å². The van der Waals surface area contributed by atoms with E-state index in [2.05, 4.69) is 27.6 Å². The summed E-state index contributed by atoms with van der Waals surface area (Å²) >= 11 is 1.60. The third-order valence-electron chi connectivity index (χ3n) is 2.83. The number of anilines is 2. The van der Waals surface area contributed by atoms with Crippen LogP contribution in [0.15, 0.2) is 6.07 Å². The van der Waals surface area contributed by atoms with Gasteiger partial charge in [-0.15, -0.1) is 11.3 Å². The van der Waals surface area contributed by atoms with Gasteiger partial charge < -0.3 is 10.2 Å². The molecular weight excluding hydrogens is 276 g/mol. The predicted octanol–water partition coefficient (Wildman–Crippen LogP) is 1.04. The second kappa shape index (κ2) is 6.02. The fourth-order valence-electron chi connectivity index (χ4n) is 1.66. The summed E-state index contributed by atoms with van der Waals surface area (Å²) in [5.41, 5.74) is 2.45. The lowest BCUT2D eigenvalue weighted by Gasteiger charge is -2.12. The van der Waals surface area contributed by atoms with Gasteiger partial charge in [-0.2, -0.15) is 4.98 Å². The monoisotopic (exact) mass is 294 g/mol. The van der Waals surface area contributed by atoms with Gasteiger partial charge in [-0.05, 0) is 12.5 Å². The number of carbonyl (C=O) groups excluding carboxylic acids is 1. The molecule has 108 valence electrons. The van der Waals surface area contributed by atoms with Crippen molar-refractivity contribution >= 4 is 39.2 Å². The van der Waals surface area contributed by atoms with E-state index < -0.39 is 0 Å². The van der Waals surface area contributed by atoms with E-state index in [0.717, 1.165) is 16.6 Å². The van der Waals surface area contributed by atoms with Gasteiger partial charge in [0.25, 0.3) is 0 Å². The van der Waals surface area contributed by atoms with Crippen molar-refractivity contribution in [1.29, 1.82) is 0 Å². The second-order valence-electron chi connectivity index (χ2n) is 4.47. The van der Waals surface area contributed by atoms with Crippen LogP contribution in [0, 0.1) is 0 Å². The number of nitrogens with zero attached hydrogens (tertiary/aromatic N) is 3. The van der Waals surface area contributed by atoms with Crippen LogP contribution in [0.1, 0.15) is 11.8 Å². The van der Waals surface area contributed by atoms with Gasteiger partial charge in [-0.1, -0.05) is 6.92 Å². The SMILES string of the molecule is CCc1cc2c(NCC(=O)N(C)C)nc(NN)nc2s1. The number of thiophene rings is 1. The molecule has 0 saturated heterocycles. The van der Waals surface area contributed by atoms with Crippen LogP contribution in [0.3, 0.4) is 0 Å². The second-order valence-corrected chi connectivity index (χ2v) is 5.58. The number of fused-ring (bicyclic) bond motifs is 1. The first-order valence-corrected chi connectivity index (χ1v) is 7.08. The molecular formula is C12H18N6OS. The fourth-order valence-corrected chi connectivity index (χ4v) is 2.63. The summed E-state index contributed by atoms with van der Waals surface area (Å²) in [4.78, 5) is 23.8. The standard InChI is InChI=1S/C12H18N6OS/c1-4-7-5-8-10(14-6-9(19)18(2)3)15-12(17-13)16-11(8)20-7/h5H,4,6,13H2,1-3H3,(H2,14,15,16,17). The predicted molar refractivity (Wildman–Crippen MR) is 81.8 cm³/mol. The van der Waals surface area contributed by atoms with Crippen LogP contribution in [0.5, 0.6) is 0 Å². The quantitative estimate of drug-likeness (QED) is 0.563. The summed E-state index contributed by atoms with van der Waals surface area (Å²) in [6.45, 7) is 2.27. The molecule has 2 rings (SSSR count). The van der Waals surface area contributed by atoms with Crippen molar-refractivity contribution < 1.29 is 4.79 Å². The number of nitrogen functional groups attached to an aromatic ring is 1. The number of rotatable bonds is 5. The normalized spacial score (nSPS) is 10.6. The molecule has 0 bridgehead atoms. The molecule has 2 aromatic rings. The largest absolute Gasteiger partial charge is 0.360 e. The molecule has 0 aliphatic heterocycles. The maximum atomic E-state index is 11.7. The van der Waals surface area contributed by atoms with Gasteiger partial charge in [-0.3, -0.25) is 10.2 Å². The molecule has 0 aromatic carbocycles. The first-order valence-electron chi connectivity index (χ1n) is 6.26. The molecule has 2 aromatic heterocycles. The van der Waals surface area contributed by atoms with E-state index in [1.165, 1.54) is 9.78 Å². The van der Waals surface area contributed by atoms with Gasteiger partial charge in [-0.25, -0.2) is 10.8 Å². The third-order valence-corrected chi connectivity index (χ3v) is 4.00. The van der Waals surface area contributed by atoms with Crippen LogP contribution in [0.25, 0.3) is 10.2 Å². The smallest absolute Gasteiger partial charge is 0.241 e. The molecule has 0 fully saturated rings. The van der Waals surface area contributed by atoms with E-state index in [1.54, 1.807) is 25.4 Å². The van der Waals surface area contributed by atoms with Gasteiger partial charge in [0, 0.05) is 19.0 Å². The van der Waals surface area contributed by atoms with Crippen molar-refractivity contribution in [1.82, 2.24) is 14.9 Å². The average molecular weight is 294 g/mol. The Kier molecular flexibility index (Phi) is 4.35. The van der Waals surface area contributed by atoms with Crippen molar-refractivity contribution in [3.05, 3.63) is 10.9 Å². The van der Waals surface area contributed by atoms with E-state index >= 15 is 0 Å². The highest BCUT2D eigenvalue weighted by atomic mass is 32.1. The number of aryl methyl sites for hydroxylation is 1. The number of nitrogens with two attached hydrogens (primary N) is 1. The van der Waals surface area contributed by atoms with Crippen molar-refractivity contribution in [2.45, 2.75) is 13.3 Å². The molecule has 1 amide bonds. The summed E-state index contributed by atoms with van der Waals surface area (Å²) in [6, 6.07) is 2.04. The summed E-state index contributed by atoms with van der Waals surface area (Å²) in [5.74, 6) is 6.31. The van der Waals surface area contributed by atoms with Crippen LogP contribution < -0.4 is 16.6 Å². The number of nitrogens with one attached hydrogen (secondary N) is 2. The molecule has 0 atom stereocenters. The molecule has 0 aliphatic rings. The number of hydrogen-bond donors (Lipinski definition) is 3. The molecule has 7 nitrogen and oxygen atoms in total. The van der Waals surface area contributed by atoms with Crippen LogP contribution in [-0.4, -0.2) is 41.4 Å². The lowest BCUT2D eigenvalue weighted by molar-refractivity contribution is -0.126. The van der Waals surface area contributed by atoms with Crippen LogP contribution >= 0.6 is 11.3 Å². The molecule has 0 spiro atoms. The van der Waals surface area contributed by atoms with Gasteiger partial charge in [0.1, 0.15) is 10.6 Å². The maximum Gasteiger partial charge on any atom is 0.241 e. The molecule has 8 heteroatoms. The Hall–Kier alpha value is -1.93. The van der Waals surface area contributed by atoms with Crippen molar-refractivity contribution in [3.63, 3.8) is 0 Å². The van der Waals surface area contributed by atoms with E-state index in [1.807, 2.05) is 6.07 Å². The van der Waals surface area contributed by atoms with Gasteiger partial charge in [0.15, 0.2) is 0 Å². The lowest BCUT2D eigenvalue weighted by atomic mass is 10.3. The summed E-state index contributed by atoms with van der Waals surface area (Å²) in [7, 11) is 3.43. The number of hydrazine groups is 1. The highest BCUT2D eigenvalue weighted by molar-refractivity contribution is 7.18. The Morgan fingerprint density at radius 3 is 2.80 bits per heavy atom. The van der Waals surface area contributed by atoms with E-state index in [0.29, 0.717) is 11.8 Å². The number of amides is 1. The minimum Gasteiger partial charge on any atom is -0.360 e. The topological polar surface area (TPSA) is 96.2 Å². The number of likely N-dealkylation sites (N-methyl/N-ethyl adjacent to an activating group) is 1. The molecule has 0 saturated carbocycles. The van der Waals surface area contributed by atoms with E-state index in [-0.39, 0.29) is 12.5 Å². The minimum absolute atomic E-state index is 0.0232. The Bertz CT molecular complexity index is 624. The van der Waals surface area contributed by atoms with E-state index in [4.69, 9.17) is 5.84 Å². The molecule has 0 unspecified atom stereocenters. The third kappa shape index (κ3) is 2.97. The van der Waals surface area contributed by atoms with Crippen molar-refractivity contribution in [2.24, 2.45) is 5.84 Å². The first-order chi connectivity index (χ1) is 9.55. The van der Waals surface area contributed by atoms with Gasteiger partial charge in [0.05, 0.1) is 11.9 Å². The summed E-state index contributed by atoms with van der Waals surface area (Å²) in [5, 5.41) is 3.96. The van der Waals surface area contributed by atoms with E-state index in [9.17, 15) is 4.79 Å².